The SMILES string of the molecule is Cc1ccc(-c2ccc(CC[C@@H](O)[C@H](CCN3C(=O)c4ccccc4C3=O)C(=O)O)cc2)cc1. The number of amides is 2. The number of aliphatic hydroxyl groups is 1. The zero-order valence-corrected chi connectivity index (χ0v) is 19.0. The minimum absolute atomic E-state index is 0.00562. The molecule has 6 nitrogen and oxygen atoms in total. The number of aliphatic carboxylic acids is 1. The van der Waals surface area contributed by atoms with Crippen LogP contribution in [0.2, 0.25) is 0 Å². The number of rotatable bonds is 9. The van der Waals surface area contributed by atoms with Crippen molar-refractivity contribution in [3.05, 3.63) is 95.1 Å². The van der Waals surface area contributed by atoms with E-state index in [4.69, 9.17) is 0 Å². The molecule has 34 heavy (non-hydrogen) atoms. The molecule has 3 aromatic rings. The number of carboxylic acids is 1. The van der Waals surface area contributed by atoms with Gasteiger partial charge in [0.25, 0.3) is 11.8 Å². The second-order valence-corrected chi connectivity index (χ2v) is 8.71. The molecule has 1 heterocycles. The van der Waals surface area contributed by atoms with Gasteiger partial charge in [0.05, 0.1) is 23.1 Å². The highest BCUT2D eigenvalue weighted by Gasteiger charge is 2.36. The summed E-state index contributed by atoms with van der Waals surface area (Å²) in [5.41, 5.74) is 5.07. The number of carboxylic acid groups (broad SMARTS) is 1. The van der Waals surface area contributed by atoms with Gasteiger partial charge < -0.3 is 10.2 Å². The first-order valence-electron chi connectivity index (χ1n) is 11.4. The van der Waals surface area contributed by atoms with Gasteiger partial charge in [0.1, 0.15) is 0 Å². The van der Waals surface area contributed by atoms with Crippen LogP contribution in [-0.4, -0.2) is 45.5 Å². The summed E-state index contributed by atoms with van der Waals surface area (Å²) in [5.74, 6) is -3.06. The summed E-state index contributed by atoms with van der Waals surface area (Å²) < 4.78 is 0. The van der Waals surface area contributed by atoms with Crippen molar-refractivity contribution in [2.24, 2.45) is 5.92 Å². The van der Waals surface area contributed by atoms with Crippen molar-refractivity contribution >= 4 is 17.8 Å². The second-order valence-electron chi connectivity index (χ2n) is 8.71. The lowest BCUT2D eigenvalue weighted by Gasteiger charge is -2.22. The third-order valence-electron chi connectivity index (χ3n) is 6.39. The van der Waals surface area contributed by atoms with Crippen molar-refractivity contribution in [1.82, 2.24) is 4.90 Å². The maximum atomic E-state index is 12.5. The van der Waals surface area contributed by atoms with Gasteiger partial charge in [-0.25, -0.2) is 0 Å². The van der Waals surface area contributed by atoms with Crippen molar-refractivity contribution in [3.63, 3.8) is 0 Å². The standard InChI is InChI=1S/C28H27NO5/c1-18-6-11-20(12-7-18)21-13-8-19(9-14-21)10-15-25(30)24(28(33)34)16-17-29-26(31)22-4-2-3-5-23(22)27(29)32/h2-9,11-14,24-25,30H,10,15-17H2,1H3,(H,33,34)/t24-,25+/m0/s1. The predicted octanol–water partition coefficient (Wildman–Crippen LogP) is 4.34. The van der Waals surface area contributed by atoms with Gasteiger partial charge in [0.2, 0.25) is 0 Å². The van der Waals surface area contributed by atoms with Crippen molar-refractivity contribution in [2.45, 2.75) is 32.3 Å². The molecule has 0 saturated heterocycles. The molecule has 0 fully saturated rings. The van der Waals surface area contributed by atoms with E-state index in [2.05, 4.69) is 24.3 Å². The third kappa shape index (κ3) is 4.92. The fraction of sp³-hybridized carbons (Fsp3) is 0.250. The molecule has 0 radical (unpaired) electrons. The summed E-state index contributed by atoms with van der Waals surface area (Å²) in [6.07, 6.45) is -0.312. The van der Waals surface area contributed by atoms with Crippen LogP contribution < -0.4 is 0 Å². The van der Waals surface area contributed by atoms with Gasteiger partial charge in [0, 0.05) is 6.54 Å². The number of aryl methyl sites for hydroxylation is 2. The van der Waals surface area contributed by atoms with E-state index in [1.807, 2.05) is 31.2 Å². The largest absolute Gasteiger partial charge is 0.481 e. The van der Waals surface area contributed by atoms with Crippen LogP contribution in [0.15, 0.2) is 72.8 Å². The number of benzene rings is 3. The number of nitrogens with zero attached hydrogens (tertiary/aromatic N) is 1. The average molecular weight is 458 g/mol. The molecule has 0 aromatic heterocycles. The van der Waals surface area contributed by atoms with Crippen molar-refractivity contribution in [3.8, 4) is 11.1 Å². The highest BCUT2D eigenvalue weighted by molar-refractivity contribution is 6.21. The number of carbonyl (C=O) groups is 3. The Morgan fingerprint density at radius 2 is 1.35 bits per heavy atom. The Morgan fingerprint density at radius 3 is 1.88 bits per heavy atom. The van der Waals surface area contributed by atoms with Gasteiger partial charge in [-0.1, -0.05) is 66.2 Å². The van der Waals surface area contributed by atoms with Crippen LogP contribution in [0.3, 0.4) is 0 Å². The van der Waals surface area contributed by atoms with E-state index in [1.54, 1.807) is 24.3 Å². The number of fused-ring (bicyclic) bond motifs is 1. The van der Waals surface area contributed by atoms with Crippen LogP contribution in [-0.2, 0) is 11.2 Å². The Bertz CT molecular complexity index is 1170. The van der Waals surface area contributed by atoms with E-state index in [-0.39, 0.29) is 19.4 Å². The van der Waals surface area contributed by atoms with Gasteiger partial charge in [-0.15, -0.1) is 0 Å². The Labute approximate surface area is 198 Å². The molecule has 2 atom stereocenters. The molecule has 6 heteroatoms. The number of hydrogen-bond acceptors (Lipinski definition) is 4. The second kappa shape index (κ2) is 10.0. The van der Waals surface area contributed by atoms with E-state index in [0.717, 1.165) is 21.6 Å². The van der Waals surface area contributed by atoms with E-state index in [9.17, 15) is 24.6 Å². The molecule has 2 N–H and O–H groups in total. The van der Waals surface area contributed by atoms with Crippen molar-refractivity contribution in [1.29, 1.82) is 0 Å². The summed E-state index contributed by atoms with van der Waals surface area (Å²) in [6.45, 7) is 1.99. The maximum absolute atomic E-state index is 12.5. The molecule has 0 spiro atoms. The smallest absolute Gasteiger partial charge is 0.309 e. The van der Waals surface area contributed by atoms with E-state index >= 15 is 0 Å². The first-order valence-corrected chi connectivity index (χ1v) is 11.4. The number of carbonyl (C=O) groups excluding carboxylic acids is 2. The molecule has 0 bridgehead atoms. The number of imide groups is 1. The van der Waals surface area contributed by atoms with Crippen molar-refractivity contribution < 1.29 is 24.6 Å². The van der Waals surface area contributed by atoms with Crippen LogP contribution in [0.25, 0.3) is 11.1 Å². The van der Waals surface area contributed by atoms with Crippen LogP contribution in [0.4, 0.5) is 0 Å². The molecule has 0 saturated carbocycles. The third-order valence-corrected chi connectivity index (χ3v) is 6.39. The minimum Gasteiger partial charge on any atom is -0.481 e. The zero-order chi connectivity index (χ0) is 24.2. The van der Waals surface area contributed by atoms with Crippen LogP contribution >= 0.6 is 0 Å². The molecule has 3 aromatic carbocycles. The summed E-state index contributed by atoms with van der Waals surface area (Å²) >= 11 is 0. The fourth-order valence-corrected chi connectivity index (χ4v) is 4.32. The molecule has 174 valence electrons. The summed E-state index contributed by atoms with van der Waals surface area (Å²) in [7, 11) is 0. The molecule has 0 unspecified atom stereocenters. The molecule has 4 rings (SSSR count). The lowest BCUT2D eigenvalue weighted by molar-refractivity contribution is -0.146. The highest BCUT2D eigenvalue weighted by atomic mass is 16.4. The van der Waals surface area contributed by atoms with Crippen LogP contribution in [0.1, 0.15) is 44.7 Å². The Kier molecular flexibility index (Phi) is 6.89. The lowest BCUT2D eigenvalue weighted by Crippen LogP contribution is -2.36. The van der Waals surface area contributed by atoms with Gasteiger partial charge in [-0.05, 0) is 55.0 Å². The number of hydrogen-bond donors (Lipinski definition) is 2. The maximum Gasteiger partial charge on any atom is 0.309 e. The first kappa shape index (κ1) is 23.4. The Hall–Kier alpha value is -3.77. The first-order chi connectivity index (χ1) is 16.3. The van der Waals surface area contributed by atoms with Gasteiger partial charge >= 0.3 is 5.97 Å². The van der Waals surface area contributed by atoms with Gasteiger partial charge in [-0.3, -0.25) is 19.3 Å². The molecular formula is C28H27NO5. The normalized spacial score (nSPS) is 14.7. The zero-order valence-electron chi connectivity index (χ0n) is 19.0. The van der Waals surface area contributed by atoms with E-state index < -0.39 is 29.8 Å². The predicted molar refractivity (Wildman–Crippen MR) is 128 cm³/mol. The topological polar surface area (TPSA) is 94.9 Å². The van der Waals surface area contributed by atoms with Crippen molar-refractivity contribution in [2.75, 3.05) is 6.54 Å². The van der Waals surface area contributed by atoms with Gasteiger partial charge in [-0.2, -0.15) is 0 Å². The van der Waals surface area contributed by atoms with E-state index in [1.165, 1.54) is 5.56 Å². The molecule has 1 aliphatic heterocycles. The highest BCUT2D eigenvalue weighted by Crippen LogP contribution is 2.25. The minimum atomic E-state index is -1.14. The summed E-state index contributed by atoms with van der Waals surface area (Å²) in [6, 6.07) is 22.8. The molecule has 2 amide bonds. The average Bonchev–Trinajstić information content (AvgIpc) is 3.08. The molecule has 1 aliphatic rings. The van der Waals surface area contributed by atoms with Gasteiger partial charge in [0.15, 0.2) is 0 Å². The fourth-order valence-electron chi connectivity index (χ4n) is 4.32. The molecule has 0 aliphatic carbocycles. The Balaban J connectivity index is 1.34. The lowest BCUT2D eigenvalue weighted by atomic mass is 9.93. The summed E-state index contributed by atoms with van der Waals surface area (Å²) in [5, 5.41) is 20.3. The Morgan fingerprint density at radius 1 is 0.824 bits per heavy atom. The molecular weight excluding hydrogens is 430 g/mol. The van der Waals surface area contributed by atoms with E-state index in [0.29, 0.717) is 17.5 Å². The summed E-state index contributed by atoms with van der Waals surface area (Å²) in [4.78, 5) is 37.9. The monoisotopic (exact) mass is 457 g/mol. The van der Waals surface area contributed by atoms with Crippen LogP contribution in [0, 0.1) is 12.8 Å². The quantitative estimate of drug-likeness (QED) is 0.466. The van der Waals surface area contributed by atoms with Crippen LogP contribution in [0.5, 0.6) is 0 Å². The number of aliphatic hydroxyl groups excluding tert-OH is 1.